The fourth-order valence-electron chi connectivity index (χ4n) is 3.10. The topological polar surface area (TPSA) is 87.9 Å². The minimum absolute atomic E-state index is 0. The highest BCUT2D eigenvalue weighted by Gasteiger charge is 2.31. The normalized spacial score (nSPS) is 17.8. The molecule has 28 heavy (non-hydrogen) atoms. The molecule has 2 fully saturated rings. The third-order valence-corrected chi connectivity index (χ3v) is 5.33. The fourth-order valence-corrected chi connectivity index (χ4v) is 3.27. The van der Waals surface area contributed by atoms with Crippen LogP contribution in [0, 0.1) is 0 Å². The van der Waals surface area contributed by atoms with Gasteiger partial charge in [0.15, 0.2) is 0 Å². The first kappa shape index (κ1) is 24.6. The van der Waals surface area contributed by atoms with Gasteiger partial charge in [-0.15, -0.1) is 24.8 Å². The van der Waals surface area contributed by atoms with Crippen molar-refractivity contribution in [1.82, 2.24) is 15.1 Å². The first-order chi connectivity index (χ1) is 12.4. The number of benzene rings is 1. The number of amides is 2. The molecular formula is C18H27Cl3N4O3. The molecule has 2 aliphatic rings. The number of halogens is 3. The summed E-state index contributed by atoms with van der Waals surface area (Å²) in [5.74, 6) is 0.342. The highest BCUT2D eigenvalue weighted by Crippen LogP contribution is 2.30. The molecule has 1 aliphatic heterocycles. The number of carbonyl (C=O) groups is 2. The number of nitrogens with zero attached hydrogens (tertiary/aromatic N) is 2. The average molecular weight is 454 g/mol. The molecule has 0 bridgehead atoms. The lowest BCUT2D eigenvalue weighted by Crippen LogP contribution is -2.55. The maximum atomic E-state index is 12.9. The second-order valence-electron chi connectivity index (χ2n) is 6.86. The predicted molar refractivity (Wildman–Crippen MR) is 115 cm³/mol. The van der Waals surface area contributed by atoms with E-state index in [1.807, 2.05) is 6.92 Å². The Kier molecular flexibility index (Phi) is 9.14. The Morgan fingerprint density at radius 1 is 1.21 bits per heavy atom. The molecular weight excluding hydrogens is 427 g/mol. The summed E-state index contributed by atoms with van der Waals surface area (Å²) in [7, 11) is 1.50. The first-order valence-corrected chi connectivity index (χ1v) is 9.25. The Hall–Kier alpha value is -1.41. The van der Waals surface area contributed by atoms with Crippen LogP contribution < -0.4 is 15.8 Å². The van der Waals surface area contributed by atoms with E-state index in [-0.39, 0.29) is 42.7 Å². The average Bonchev–Trinajstić information content (AvgIpc) is 3.46. The summed E-state index contributed by atoms with van der Waals surface area (Å²) in [5.41, 5.74) is 6.56. The minimum atomic E-state index is -0.187. The number of nitrogens with one attached hydrogen (secondary N) is 1. The number of hydrogen-bond acceptors (Lipinski definition) is 5. The van der Waals surface area contributed by atoms with Gasteiger partial charge < -0.3 is 20.7 Å². The monoisotopic (exact) mass is 452 g/mol. The van der Waals surface area contributed by atoms with Crippen LogP contribution in [-0.2, 0) is 4.79 Å². The first-order valence-electron chi connectivity index (χ1n) is 8.87. The number of piperazine rings is 1. The third kappa shape index (κ3) is 5.56. The highest BCUT2D eigenvalue weighted by molar-refractivity contribution is 6.33. The van der Waals surface area contributed by atoms with Crippen LogP contribution in [0.15, 0.2) is 12.1 Å². The van der Waals surface area contributed by atoms with Gasteiger partial charge in [0, 0.05) is 38.3 Å². The van der Waals surface area contributed by atoms with Crippen LogP contribution in [0.1, 0.15) is 30.1 Å². The molecule has 1 saturated carbocycles. The summed E-state index contributed by atoms with van der Waals surface area (Å²) >= 11 is 6.07. The molecule has 2 amide bonds. The van der Waals surface area contributed by atoms with Gasteiger partial charge in [0.05, 0.1) is 29.4 Å². The summed E-state index contributed by atoms with van der Waals surface area (Å²) in [6.45, 7) is 4.31. The molecule has 158 valence electrons. The molecule has 1 aromatic carbocycles. The lowest BCUT2D eigenvalue weighted by Gasteiger charge is -2.37. The number of anilines is 1. The van der Waals surface area contributed by atoms with E-state index in [4.69, 9.17) is 22.1 Å². The van der Waals surface area contributed by atoms with Crippen molar-refractivity contribution in [2.75, 3.05) is 39.0 Å². The molecule has 1 atom stereocenters. The molecule has 1 aliphatic carbocycles. The Morgan fingerprint density at radius 2 is 1.82 bits per heavy atom. The maximum absolute atomic E-state index is 12.9. The predicted octanol–water partition coefficient (Wildman–Crippen LogP) is 2.20. The zero-order valence-corrected chi connectivity index (χ0v) is 18.3. The van der Waals surface area contributed by atoms with Gasteiger partial charge in [0.1, 0.15) is 5.75 Å². The van der Waals surface area contributed by atoms with Crippen molar-refractivity contribution in [2.45, 2.75) is 31.8 Å². The van der Waals surface area contributed by atoms with Crippen molar-refractivity contribution in [2.24, 2.45) is 0 Å². The van der Waals surface area contributed by atoms with E-state index < -0.39 is 0 Å². The Labute approximate surface area is 182 Å². The number of methoxy groups -OCH3 is 1. The van der Waals surface area contributed by atoms with E-state index in [0.717, 1.165) is 12.8 Å². The van der Waals surface area contributed by atoms with E-state index in [1.165, 1.54) is 7.11 Å². The van der Waals surface area contributed by atoms with Crippen molar-refractivity contribution in [3.63, 3.8) is 0 Å². The Morgan fingerprint density at radius 3 is 2.36 bits per heavy atom. The summed E-state index contributed by atoms with van der Waals surface area (Å²) in [4.78, 5) is 28.9. The van der Waals surface area contributed by atoms with Crippen LogP contribution in [-0.4, -0.2) is 67.0 Å². The second kappa shape index (κ2) is 10.4. The van der Waals surface area contributed by atoms with Crippen LogP contribution in [0.2, 0.25) is 5.02 Å². The van der Waals surface area contributed by atoms with Crippen LogP contribution in [0.5, 0.6) is 5.75 Å². The molecule has 10 heteroatoms. The van der Waals surface area contributed by atoms with Gasteiger partial charge in [0.2, 0.25) is 5.91 Å². The van der Waals surface area contributed by atoms with E-state index in [2.05, 4.69) is 10.2 Å². The van der Waals surface area contributed by atoms with Crippen LogP contribution in [0.3, 0.4) is 0 Å². The number of hydrogen-bond donors (Lipinski definition) is 2. The molecule has 1 heterocycles. The van der Waals surface area contributed by atoms with Gasteiger partial charge in [0.25, 0.3) is 5.91 Å². The Bertz CT molecular complexity index is 708. The number of rotatable bonds is 5. The third-order valence-electron chi connectivity index (χ3n) is 5.00. The highest BCUT2D eigenvalue weighted by atomic mass is 35.5. The molecule has 3 N–H and O–H groups in total. The van der Waals surface area contributed by atoms with Crippen molar-refractivity contribution in [3.05, 3.63) is 22.7 Å². The summed E-state index contributed by atoms with van der Waals surface area (Å²) in [6.07, 6.45) is 2.15. The molecule has 0 radical (unpaired) electrons. The fraction of sp³-hybridized carbons (Fsp3) is 0.556. The van der Waals surface area contributed by atoms with Crippen molar-refractivity contribution in [1.29, 1.82) is 0 Å². The zero-order valence-electron chi connectivity index (χ0n) is 15.9. The summed E-state index contributed by atoms with van der Waals surface area (Å²) in [6, 6.07) is 3.29. The van der Waals surface area contributed by atoms with Crippen molar-refractivity contribution < 1.29 is 14.3 Å². The van der Waals surface area contributed by atoms with Crippen molar-refractivity contribution in [3.8, 4) is 5.75 Å². The Balaban J connectivity index is 0.00000196. The molecule has 1 unspecified atom stereocenters. The summed E-state index contributed by atoms with van der Waals surface area (Å²) < 4.78 is 5.28. The quantitative estimate of drug-likeness (QED) is 0.667. The van der Waals surface area contributed by atoms with E-state index >= 15 is 0 Å². The molecule has 7 nitrogen and oxygen atoms in total. The van der Waals surface area contributed by atoms with Gasteiger partial charge in [-0.25, -0.2) is 0 Å². The van der Waals surface area contributed by atoms with E-state index in [1.54, 1.807) is 17.0 Å². The number of ether oxygens (including phenoxy) is 1. The van der Waals surface area contributed by atoms with Crippen LogP contribution >= 0.6 is 36.4 Å². The molecule has 1 aromatic rings. The minimum Gasteiger partial charge on any atom is -0.496 e. The number of nitrogen functional groups attached to an aromatic ring is 1. The van der Waals surface area contributed by atoms with Gasteiger partial charge in [-0.05, 0) is 25.8 Å². The van der Waals surface area contributed by atoms with Crippen LogP contribution in [0.25, 0.3) is 0 Å². The molecule has 0 aromatic heterocycles. The summed E-state index contributed by atoms with van der Waals surface area (Å²) in [5, 5.41) is 3.36. The molecule has 1 saturated heterocycles. The van der Waals surface area contributed by atoms with Gasteiger partial charge >= 0.3 is 0 Å². The lowest BCUT2D eigenvalue weighted by molar-refractivity contribution is -0.126. The van der Waals surface area contributed by atoms with Crippen LogP contribution in [0.4, 0.5) is 5.69 Å². The van der Waals surface area contributed by atoms with Gasteiger partial charge in [-0.2, -0.15) is 0 Å². The van der Waals surface area contributed by atoms with E-state index in [0.29, 0.717) is 54.2 Å². The second-order valence-corrected chi connectivity index (χ2v) is 7.27. The standard InChI is InChI=1S/C18H25ClN4O3.2ClH/c1-11(17(24)21-12-3-4-12)22-5-7-23(8-6-22)18(25)13-9-14(19)15(20)10-16(13)26-2;;/h9-12H,3-8,20H2,1-2H3,(H,21,24);2*1H. The van der Waals surface area contributed by atoms with Crippen molar-refractivity contribution >= 4 is 53.9 Å². The SMILES string of the molecule is COc1cc(N)c(Cl)cc1C(=O)N1CCN(C(C)C(=O)NC2CC2)CC1.Cl.Cl. The smallest absolute Gasteiger partial charge is 0.257 e. The van der Waals surface area contributed by atoms with Gasteiger partial charge in [-0.3, -0.25) is 14.5 Å². The van der Waals surface area contributed by atoms with Gasteiger partial charge in [-0.1, -0.05) is 11.6 Å². The molecule has 0 spiro atoms. The largest absolute Gasteiger partial charge is 0.496 e. The maximum Gasteiger partial charge on any atom is 0.257 e. The lowest BCUT2D eigenvalue weighted by atomic mass is 10.1. The number of nitrogens with two attached hydrogens (primary N) is 1. The zero-order chi connectivity index (χ0) is 18.8. The van der Waals surface area contributed by atoms with E-state index in [9.17, 15) is 9.59 Å². The number of carbonyl (C=O) groups excluding carboxylic acids is 2. The molecule has 3 rings (SSSR count).